The molecular weight excluding hydrogens is 246 g/mol. The van der Waals surface area contributed by atoms with Crippen molar-refractivity contribution in [3.05, 3.63) is 60.2 Å². The zero-order valence-corrected chi connectivity index (χ0v) is 10.2. The summed E-state index contributed by atoms with van der Waals surface area (Å²) in [5.41, 5.74) is 0.771. The van der Waals surface area contributed by atoms with Crippen LogP contribution in [0.25, 0.3) is 21.5 Å². The summed E-state index contributed by atoms with van der Waals surface area (Å²) in [6, 6.07) is 17.9. The van der Waals surface area contributed by atoms with E-state index < -0.39 is 0 Å². The molecule has 0 atom stereocenters. The molecule has 0 bridgehead atoms. The van der Waals surface area contributed by atoms with Gasteiger partial charge in [-0.1, -0.05) is 65.3 Å². The molecule has 0 spiro atoms. The van der Waals surface area contributed by atoms with Crippen LogP contribution >= 0.6 is 11.6 Å². The van der Waals surface area contributed by atoms with E-state index in [9.17, 15) is 0 Å². The molecular formula is C15H10ClNO. The Hall–Kier alpha value is -2.06. The van der Waals surface area contributed by atoms with Crippen molar-refractivity contribution >= 4 is 38.3 Å². The maximum atomic E-state index is 8.96. The smallest absolute Gasteiger partial charge is 0.176 e. The van der Waals surface area contributed by atoms with Crippen LogP contribution in [0, 0.1) is 0 Å². The van der Waals surface area contributed by atoms with Gasteiger partial charge in [0.15, 0.2) is 5.17 Å². The molecule has 88 valence electrons. The standard InChI is InChI=1S/C15H10ClNO/c16-15(17-18)14-12-7-3-1-5-10(12)9-11-6-2-4-8-13(11)14/h1-9,18H. The molecule has 18 heavy (non-hydrogen) atoms. The predicted octanol–water partition coefficient (Wildman–Crippen LogP) is 4.37. The molecule has 0 aliphatic carbocycles. The number of fused-ring (bicyclic) bond motifs is 2. The van der Waals surface area contributed by atoms with Crippen molar-refractivity contribution in [2.45, 2.75) is 0 Å². The van der Waals surface area contributed by atoms with Crippen LogP contribution in [0.4, 0.5) is 0 Å². The maximum absolute atomic E-state index is 8.96. The Morgan fingerprint density at radius 2 is 1.39 bits per heavy atom. The fourth-order valence-corrected chi connectivity index (χ4v) is 2.49. The van der Waals surface area contributed by atoms with Crippen LogP contribution in [-0.4, -0.2) is 10.4 Å². The number of hydrogen-bond donors (Lipinski definition) is 1. The molecule has 3 heteroatoms. The summed E-state index contributed by atoms with van der Waals surface area (Å²) in [6.07, 6.45) is 0. The van der Waals surface area contributed by atoms with E-state index in [1.54, 1.807) is 0 Å². The normalized spacial score (nSPS) is 12.2. The summed E-state index contributed by atoms with van der Waals surface area (Å²) in [7, 11) is 0. The first-order chi connectivity index (χ1) is 8.81. The average Bonchev–Trinajstić information content (AvgIpc) is 2.44. The molecule has 0 aromatic heterocycles. The lowest BCUT2D eigenvalue weighted by atomic mass is 9.97. The van der Waals surface area contributed by atoms with E-state index in [0.717, 1.165) is 27.1 Å². The zero-order chi connectivity index (χ0) is 12.5. The number of oxime groups is 1. The van der Waals surface area contributed by atoms with Gasteiger partial charge in [-0.15, -0.1) is 0 Å². The molecule has 0 heterocycles. The second kappa shape index (κ2) is 4.31. The maximum Gasteiger partial charge on any atom is 0.176 e. The number of hydrogen-bond acceptors (Lipinski definition) is 2. The van der Waals surface area contributed by atoms with E-state index >= 15 is 0 Å². The summed E-state index contributed by atoms with van der Waals surface area (Å²) in [5.74, 6) is 0. The van der Waals surface area contributed by atoms with Crippen molar-refractivity contribution in [2.24, 2.45) is 5.16 Å². The zero-order valence-electron chi connectivity index (χ0n) is 9.47. The highest BCUT2D eigenvalue weighted by Gasteiger charge is 2.11. The molecule has 0 aliphatic heterocycles. The van der Waals surface area contributed by atoms with Crippen LogP contribution in [0.2, 0.25) is 0 Å². The number of rotatable bonds is 1. The molecule has 3 aromatic rings. The molecule has 0 aliphatic rings. The first kappa shape index (κ1) is 11.1. The molecule has 1 N–H and O–H groups in total. The molecule has 2 nitrogen and oxygen atoms in total. The van der Waals surface area contributed by atoms with E-state index in [1.807, 2.05) is 48.5 Å². The van der Waals surface area contributed by atoms with Crippen molar-refractivity contribution in [3.8, 4) is 0 Å². The molecule has 0 radical (unpaired) electrons. The van der Waals surface area contributed by atoms with Gasteiger partial charge in [-0.3, -0.25) is 0 Å². The lowest BCUT2D eigenvalue weighted by Gasteiger charge is -2.09. The minimum atomic E-state index is 0.114. The van der Waals surface area contributed by atoms with Crippen LogP contribution < -0.4 is 0 Å². The van der Waals surface area contributed by atoms with Gasteiger partial charge < -0.3 is 5.21 Å². The van der Waals surface area contributed by atoms with Crippen LogP contribution in [0.3, 0.4) is 0 Å². The van der Waals surface area contributed by atoms with Gasteiger partial charge in [0.25, 0.3) is 0 Å². The van der Waals surface area contributed by atoms with E-state index in [-0.39, 0.29) is 5.17 Å². The van der Waals surface area contributed by atoms with Gasteiger partial charge in [0.2, 0.25) is 0 Å². The van der Waals surface area contributed by atoms with Crippen LogP contribution in [0.15, 0.2) is 59.8 Å². The van der Waals surface area contributed by atoms with E-state index in [4.69, 9.17) is 16.8 Å². The summed E-state index contributed by atoms with van der Waals surface area (Å²) in [4.78, 5) is 0. The Morgan fingerprint density at radius 1 is 0.889 bits per heavy atom. The quantitative estimate of drug-likeness (QED) is 0.298. The minimum absolute atomic E-state index is 0.114. The fourth-order valence-electron chi connectivity index (χ4n) is 2.29. The van der Waals surface area contributed by atoms with Crippen LogP contribution in [0.5, 0.6) is 0 Å². The first-order valence-electron chi connectivity index (χ1n) is 5.59. The van der Waals surface area contributed by atoms with Gasteiger partial charge >= 0.3 is 0 Å². The van der Waals surface area contributed by atoms with Crippen LogP contribution in [0.1, 0.15) is 5.56 Å². The van der Waals surface area contributed by atoms with Gasteiger partial charge in [-0.25, -0.2) is 0 Å². The Labute approximate surface area is 109 Å². The highest BCUT2D eigenvalue weighted by molar-refractivity contribution is 6.71. The Balaban J connectivity index is 2.58. The number of nitrogens with zero attached hydrogens (tertiary/aromatic N) is 1. The molecule has 0 saturated carbocycles. The third-order valence-corrected chi connectivity index (χ3v) is 3.33. The molecule has 3 aromatic carbocycles. The van der Waals surface area contributed by atoms with Crippen LogP contribution in [-0.2, 0) is 0 Å². The van der Waals surface area contributed by atoms with Crippen molar-refractivity contribution in [3.63, 3.8) is 0 Å². The van der Waals surface area contributed by atoms with Crippen molar-refractivity contribution in [2.75, 3.05) is 0 Å². The van der Waals surface area contributed by atoms with Gasteiger partial charge in [0.1, 0.15) is 0 Å². The lowest BCUT2D eigenvalue weighted by Crippen LogP contribution is -1.95. The Kier molecular flexibility index (Phi) is 2.65. The highest BCUT2D eigenvalue weighted by atomic mass is 35.5. The number of halogens is 1. The van der Waals surface area contributed by atoms with Crippen molar-refractivity contribution in [1.29, 1.82) is 0 Å². The Bertz CT molecular complexity index is 711. The average molecular weight is 256 g/mol. The SMILES string of the molecule is ON=C(Cl)c1c2ccccc2cc2ccccc12. The van der Waals surface area contributed by atoms with E-state index in [2.05, 4.69) is 11.2 Å². The topological polar surface area (TPSA) is 32.6 Å². The summed E-state index contributed by atoms with van der Waals surface area (Å²) in [5, 5.41) is 16.3. The third-order valence-electron chi connectivity index (χ3n) is 3.07. The molecule has 0 amide bonds. The van der Waals surface area contributed by atoms with E-state index in [1.165, 1.54) is 0 Å². The summed E-state index contributed by atoms with van der Waals surface area (Å²) in [6.45, 7) is 0. The van der Waals surface area contributed by atoms with Crippen molar-refractivity contribution in [1.82, 2.24) is 0 Å². The summed E-state index contributed by atoms with van der Waals surface area (Å²) >= 11 is 6.05. The van der Waals surface area contributed by atoms with Gasteiger partial charge in [0, 0.05) is 5.56 Å². The second-order valence-corrected chi connectivity index (χ2v) is 4.44. The fraction of sp³-hybridized carbons (Fsp3) is 0. The molecule has 3 rings (SSSR count). The highest BCUT2D eigenvalue weighted by Crippen LogP contribution is 2.29. The van der Waals surface area contributed by atoms with Gasteiger partial charge in [-0.05, 0) is 27.6 Å². The molecule has 0 fully saturated rings. The minimum Gasteiger partial charge on any atom is -0.410 e. The van der Waals surface area contributed by atoms with E-state index in [0.29, 0.717) is 0 Å². The monoisotopic (exact) mass is 255 g/mol. The second-order valence-electron chi connectivity index (χ2n) is 4.08. The molecule has 0 unspecified atom stereocenters. The Morgan fingerprint density at radius 3 is 1.89 bits per heavy atom. The number of benzene rings is 3. The summed E-state index contributed by atoms with van der Waals surface area (Å²) < 4.78 is 0. The van der Waals surface area contributed by atoms with Crippen molar-refractivity contribution < 1.29 is 5.21 Å². The van der Waals surface area contributed by atoms with Gasteiger partial charge in [0.05, 0.1) is 0 Å². The predicted molar refractivity (Wildman–Crippen MR) is 75.6 cm³/mol. The lowest BCUT2D eigenvalue weighted by molar-refractivity contribution is 0.321. The largest absolute Gasteiger partial charge is 0.410 e. The third kappa shape index (κ3) is 1.62. The van der Waals surface area contributed by atoms with Gasteiger partial charge in [-0.2, -0.15) is 0 Å². The molecule has 0 saturated heterocycles. The first-order valence-corrected chi connectivity index (χ1v) is 5.97.